The van der Waals surface area contributed by atoms with Crippen LogP contribution in [-0.2, 0) is 4.74 Å². The van der Waals surface area contributed by atoms with Gasteiger partial charge >= 0.3 is 0 Å². The van der Waals surface area contributed by atoms with Gasteiger partial charge in [0.25, 0.3) is 0 Å². The molecule has 17 heavy (non-hydrogen) atoms. The fraction of sp³-hybridized carbons (Fsp3) is 0.538. The number of benzene rings is 1. The molecule has 0 saturated carbocycles. The summed E-state index contributed by atoms with van der Waals surface area (Å²) < 4.78 is 19.1. The van der Waals surface area contributed by atoms with E-state index in [1.165, 1.54) is 6.07 Å². The number of nitrogen functional groups attached to an aromatic ring is 1. The Morgan fingerprint density at radius 1 is 1.53 bits per heavy atom. The van der Waals surface area contributed by atoms with E-state index in [-0.39, 0.29) is 5.82 Å². The van der Waals surface area contributed by atoms with Crippen LogP contribution in [0.5, 0.6) is 0 Å². The van der Waals surface area contributed by atoms with Crippen molar-refractivity contribution < 1.29 is 9.13 Å². The van der Waals surface area contributed by atoms with Crippen molar-refractivity contribution in [2.45, 2.75) is 12.8 Å². The number of hydrogen-bond donors (Lipinski definition) is 1. The van der Waals surface area contributed by atoms with Gasteiger partial charge in [0.15, 0.2) is 0 Å². The lowest BCUT2D eigenvalue weighted by Gasteiger charge is -2.28. The average molecular weight is 238 g/mol. The molecular weight excluding hydrogens is 219 g/mol. The number of anilines is 2. The van der Waals surface area contributed by atoms with Crippen LogP contribution in [0, 0.1) is 11.7 Å². The molecule has 1 aromatic carbocycles. The number of ether oxygens (including phenoxy) is 1. The van der Waals surface area contributed by atoms with Gasteiger partial charge in [0, 0.05) is 25.9 Å². The highest BCUT2D eigenvalue weighted by Crippen LogP contribution is 2.23. The molecule has 3 nitrogen and oxygen atoms in total. The third-order valence-electron chi connectivity index (χ3n) is 3.17. The Bertz CT molecular complexity index is 378. The highest BCUT2D eigenvalue weighted by molar-refractivity contribution is 5.54. The average Bonchev–Trinajstić information content (AvgIpc) is 2.30. The molecule has 0 radical (unpaired) electrons. The van der Waals surface area contributed by atoms with Crippen molar-refractivity contribution in [2.24, 2.45) is 5.92 Å². The number of nitrogens with zero attached hydrogens (tertiary/aromatic N) is 1. The first kappa shape index (κ1) is 12.2. The molecule has 2 rings (SSSR count). The molecule has 0 bridgehead atoms. The van der Waals surface area contributed by atoms with E-state index in [4.69, 9.17) is 10.5 Å². The molecule has 94 valence electrons. The normalized spacial score (nSPS) is 20.2. The summed E-state index contributed by atoms with van der Waals surface area (Å²) in [7, 11) is 1.91. The summed E-state index contributed by atoms with van der Waals surface area (Å²) in [5.74, 6) is 0.231. The first-order valence-corrected chi connectivity index (χ1v) is 6.00. The number of hydrogen-bond acceptors (Lipinski definition) is 3. The van der Waals surface area contributed by atoms with Gasteiger partial charge in [-0.15, -0.1) is 0 Å². The van der Waals surface area contributed by atoms with E-state index >= 15 is 0 Å². The quantitative estimate of drug-likeness (QED) is 0.821. The monoisotopic (exact) mass is 238 g/mol. The van der Waals surface area contributed by atoms with Gasteiger partial charge in [-0.1, -0.05) is 0 Å². The highest BCUT2D eigenvalue weighted by Gasteiger charge is 2.17. The van der Waals surface area contributed by atoms with Crippen LogP contribution in [0.4, 0.5) is 15.8 Å². The Morgan fingerprint density at radius 3 is 3.00 bits per heavy atom. The van der Waals surface area contributed by atoms with Crippen LogP contribution < -0.4 is 10.6 Å². The first-order chi connectivity index (χ1) is 8.16. The molecule has 1 aliphatic heterocycles. The van der Waals surface area contributed by atoms with E-state index in [1.54, 1.807) is 12.1 Å². The molecule has 4 heteroatoms. The van der Waals surface area contributed by atoms with E-state index in [1.807, 2.05) is 11.9 Å². The Labute approximate surface area is 101 Å². The maximum Gasteiger partial charge on any atom is 0.148 e. The van der Waals surface area contributed by atoms with Crippen LogP contribution in [0.15, 0.2) is 18.2 Å². The second-order valence-electron chi connectivity index (χ2n) is 4.67. The van der Waals surface area contributed by atoms with Crippen LogP contribution in [0.3, 0.4) is 0 Å². The summed E-state index contributed by atoms with van der Waals surface area (Å²) >= 11 is 0. The maximum atomic E-state index is 13.7. The van der Waals surface area contributed by atoms with Crippen LogP contribution in [0.2, 0.25) is 0 Å². The van der Waals surface area contributed by atoms with Gasteiger partial charge in [0.05, 0.1) is 12.3 Å². The van der Waals surface area contributed by atoms with Crippen molar-refractivity contribution in [3.63, 3.8) is 0 Å². The fourth-order valence-corrected chi connectivity index (χ4v) is 2.27. The van der Waals surface area contributed by atoms with Gasteiger partial charge in [-0.25, -0.2) is 4.39 Å². The van der Waals surface area contributed by atoms with Crippen molar-refractivity contribution in [3.05, 3.63) is 24.0 Å². The molecule has 1 atom stereocenters. The molecule has 1 unspecified atom stereocenters. The molecular formula is C13H19FN2O. The Kier molecular flexibility index (Phi) is 3.84. The minimum absolute atomic E-state index is 0.260. The molecule has 0 amide bonds. The lowest BCUT2D eigenvalue weighted by Crippen LogP contribution is -2.31. The van der Waals surface area contributed by atoms with Crippen molar-refractivity contribution >= 4 is 11.4 Å². The SMILES string of the molecule is CN(CC1CCCOC1)c1ccc(N)cc1F. The van der Waals surface area contributed by atoms with E-state index < -0.39 is 0 Å². The van der Waals surface area contributed by atoms with Crippen LogP contribution in [0.25, 0.3) is 0 Å². The fourth-order valence-electron chi connectivity index (χ4n) is 2.27. The summed E-state index contributed by atoms with van der Waals surface area (Å²) in [6.45, 7) is 2.46. The summed E-state index contributed by atoms with van der Waals surface area (Å²) in [6, 6.07) is 4.82. The van der Waals surface area contributed by atoms with Gasteiger partial charge in [0.1, 0.15) is 5.82 Å². The van der Waals surface area contributed by atoms with Crippen LogP contribution in [-0.4, -0.2) is 26.8 Å². The summed E-state index contributed by atoms with van der Waals surface area (Å²) in [5.41, 5.74) is 6.59. The van der Waals surface area contributed by atoms with E-state index in [0.717, 1.165) is 32.6 Å². The number of nitrogens with two attached hydrogens (primary N) is 1. The molecule has 1 aliphatic rings. The van der Waals surface area contributed by atoms with Crippen molar-refractivity contribution in [3.8, 4) is 0 Å². The standard InChI is InChI=1S/C13H19FN2O/c1-16(8-10-3-2-6-17-9-10)13-5-4-11(15)7-12(13)14/h4-5,7,10H,2-3,6,8-9,15H2,1H3. The Hall–Kier alpha value is -1.29. The maximum absolute atomic E-state index is 13.7. The summed E-state index contributed by atoms with van der Waals surface area (Å²) in [5, 5.41) is 0. The lowest BCUT2D eigenvalue weighted by atomic mass is 10.0. The molecule has 0 spiro atoms. The molecule has 1 saturated heterocycles. The molecule has 1 fully saturated rings. The zero-order valence-corrected chi connectivity index (χ0v) is 10.2. The molecule has 0 aromatic heterocycles. The summed E-state index contributed by atoms with van der Waals surface area (Å²) in [4.78, 5) is 1.94. The third-order valence-corrected chi connectivity index (χ3v) is 3.17. The predicted octanol–water partition coefficient (Wildman–Crippen LogP) is 2.27. The Balaban J connectivity index is 2.00. The molecule has 1 aromatic rings. The van der Waals surface area contributed by atoms with Gasteiger partial charge < -0.3 is 15.4 Å². The zero-order chi connectivity index (χ0) is 12.3. The van der Waals surface area contributed by atoms with E-state index in [0.29, 0.717) is 17.3 Å². The second kappa shape index (κ2) is 5.36. The minimum Gasteiger partial charge on any atom is -0.399 e. The van der Waals surface area contributed by atoms with Crippen molar-refractivity contribution in [1.82, 2.24) is 0 Å². The van der Waals surface area contributed by atoms with Gasteiger partial charge in [-0.2, -0.15) is 0 Å². The van der Waals surface area contributed by atoms with Gasteiger partial charge in [-0.3, -0.25) is 0 Å². The topological polar surface area (TPSA) is 38.5 Å². The minimum atomic E-state index is -0.260. The van der Waals surface area contributed by atoms with E-state index in [9.17, 15) is 4.39 Å². The van der Waals surface area contributed by atoms with Crippen molar-refractivity contribution in [2.75, 3.05) is 37.4 Å². The Morgan fingerprint density at radius 2 is 2.35 bits per heavy atom. The third kappa shape index (κ3) is 3.09. The predicted molar refractivity (Wildman–Crippen MR) is 67.6 cm³/mol. The largest absolute Gasteiger partial charge is 0.399 e. The molecule has 2 N–H and O–H groups in total. The number of rotatable bonds is 3. The van der Waals surface area contributed by atoms with Crippen molar-refractivity contribution in [1.29, 1.82) is 0 Å². The smallest absolute Gasteiger partial charge is 0.148 e. The van der Waals surface area contributed by atoms with Crippen LogP contribution in [0.1, 0.15) is 12.8 Å². The summed E-state index contributed by atoms with van der Waals surface area (Å²) in [6.07, 6.45) is 2.25. The van der Waals surface area contributed by atoms with Gasteiger partial charge in [0.2, 0.25) is 0 Å². The zero-order valence-electron chi connectivity index (χ0n) is 10.2. The van der Waals surface area contributed by atoms with E-state index in [2.05, 4.69) is 0 Å². The molecule has 1 heterocycles. The second-order valence-corrected chi connectivity index (χ2v) is 4.67. The molecule has 0 aliphatic carbocycles. The van der Waals surface area contributed by atoms with Crippen LogP contribution >= 0.6 is 0 Å². The highest BCUT2D eigenvalue weighted by atomic mass is 19.1. The first-order valence-electron chi connectivity index (χ1n) is 6.00. The lowest BCUT2D eigenvalue weighted by molar-refractivity contribution is 0.0576. The number of halogens is 1. The van der Waals surface area contributed by atoms with Gasteiger partial charge in [-0.05, 0) is 37.0 Å².